The van der Waals surface area contributed by atoms with E-state index in [4.69, 9.17) is 9.26 Å². The summed E-state index contributed by atoms with van der Waals surface area (Å²) in [5.74, 6) is 0.718. The van der Waals surface area contributed by atoms with Crippen LogP contribution in [0.5, 0.6) is 11.6 Å². The van der Waals surface area contributed by atoms with Crippen LogP contribution in [0.25, 0.3) is 10.9 Å². The molecular weight excluding hydrogens is 489 g/mol. The van der Waals surface area contributed by atoms with Gasteiger partial charge in [-0.3, -0.25) is 14.8 Å². The summed E-state index contributed by atoms with van der Waals surface area (Å²) in [5.41, 5.74) is 0.541. The third-order valence-corrected chi connectivity index (χ3v) is 7.10. The number of halogens is 3. The van der Waals surface area contributed by atoms with Crippen molar-refractivity contribution in [3.8, 4) is 11.6 Å². The molecule has 1 aromatic carbocycles. The van der Waals surface area contributed by atoms with Crippen molar-refractivity contribution in [3.63, 3.8) is 0 Å². The summed E-state index contributed by atoms with van der Waals surface area (Å²) in [6.07, 6.45) is -0.672. The molecule has 6 rings (SSSR count). The zero-order valence-corrected chi connectivity index (χ0v) is 19.9. The summed E-state index contributed by atoms with van der Waals surface area (Å²) in [7, 11) is 0. The second-order valence-corrected chi connectivity index (χ2v) is 9.32. The first kappa shape index (κ1) is 23.5. The molecule has 1 saturated carbocycles. The fourth-order valence-electron chi connectivity index (χ4n) is 4.73. The van der Waals surface area contributed by atoms with E-state index < -0.39 is 17.6 Å². The lowest BCUT2D eigenvalue weighted by Crippen LogP contribution is -2.31. The number of benzene rings is 1. The highest BCUT2D eigenvalue weighted by molar-refractivity contribution is 5.98. The van der Waals surface area contributed by atoms with E-state index >= 15 is 0 Å². The fourth-order valence-corrected chi connectivity index (χ4v) is 4.73. The maximum absolute atomic E-state index is 13.3. The molecule has 0 saturated heterocycles. The van der Waals surface area contributed by atoms with Gasteiger partial charge < -0.3 is 9.26 Å². The Labute approximate surface area is 209 Å². The number of amides is 1. The summed E-state index contributed by atoms with van der Waals surface area (Å²) in [5, 5.41) is 6.86. The molecule has 1 aliphatic carbocycles. The summed E-state index contributed by atoms with van der Waals surface area (Å²) in [6.45, 7) is 4.73. The minimum Gasteiger partial charge on any atom is -0.439 e. The number of hydrogen-bond acceptors (Lipinski definition) is 7. The van der Waals surface area contributed by atoms with Crippen molar-refractivity contribution in [2.75, 3.05) is 18.4 Å². The fraction of sp³-hybridized carbons (Fsp3) is 0.360. The van der Waals surface area contributed by atoms with Gasteiger partial charge in [0.15, 0.2) is 11.6 Å². The number of aromatic nitrogens is 4. The maximum atomic E-state index is 13.3. The summed E-state index contributed by atoms with van der Waals surface area (Å²) < 4.78 is 52.4. The van der Waals surface area contributed by atoms with Gasteiger partial charge in [-0.15, -0.1) is 0 Å². The number of hydrogen-bond donors (Lipinski definition) is 1. The molecule has 4 heterocycles. The molecule has 3 aromatic heterocycles. The standard InChI is InChI=1S/C25H23F3N6O3/c1-2-33-9-6-17-18(13-33)29-14-30-22(17)36-16-3-4-19-15(11-16)5-10-34(19)23(35)31-21-12-20(37-32-21)24(7-8-24)25(26,27)28/h3-5,10-12,14H,2,6-9,13H2,1H3,(H,31,32,35). The van der Waals surface area contributed by atoms with Gasteiger partial charge in [0, 0.05) is 36.3 Å². The van der Waals surface area contributed by atoms with Gasteiger partial charge >= 0.3 is 12.2 Å². The van der Waals surface area contributed by atoms with Crippen LogP contribution in [0.4, 0.5) is 23.8 Å². The molecule has 0 bridgehead atoms. The summed E-state index contributed by atoms with van der Waals surface area (Å²) in [6, 6.07) is 7.56. The minimum absolute atomic E-state index is 0.0548. The summed E-state index contributed by atoms with van der Waals surface area (Å²) in [4.78, 5) is 23.9. The lowest BCUT2D eigenvalue weighted by Gasteiger charge is -2.27. The molecule has 0 radical (unpaired) electrons. The van der Waals surface area contributed by atoms with Gasteiger partial charge in [0.05, 0.1) is 11.2 Å². The highest BCUT2D eigenvalue weighted by Crippen LogP contribution is 2.59. The van der Waals surface area contributed by atoms with Gasteiger partial charge in [-0.1, -0.05) is 12.1 Å². The largest absolute Gasteiger partial charge is 0.439 e. The number of rotatable bonds is 5. The number of ether oxygens (including phenoxy) is 1. The van der Waals surface area contributed by atoms with Crippen molar-refractivity contribution in [1.29, 1.82) is 0 Å². The van der Waals surface area contributed by atoms with Crippen LogP contribution < -0.4 is 10.1 Å². The number of alkyl halides is 3. The van der Waals surface area contributed by atoms with E-state index in [1.807, 2.05) is 0 Å². The predicted molar refractivity (Wildman–Crippen MR) is 127 cm³/mol. The second kappa shape index (κ2) is 8.58. The molecular formula is C25H23F3N6O3. The van der Waals surface area contributed by atoms with Crippen molar-refractivity contribution < 1.29 is 27.2 Å². The minimum atomic E-state index is -4.43. The third kappa shape index (κ3) is 4.10. The number of fused-ring (bicyclic) bond motifs is 2. The van der Waals surface area contributed by atoms with Gasteiger partial charge in [-0.25, -0.2) is 14.8 Å². The molecule has 192 valence electrons. The van der Waals surface area contributed by atoms with Crippen LogP contribution in [0.1, 0.15) is 36.8 Å². The van der Waals surface area contributed by atoms with Crippen molar-refractivity contribution >= 4 is 22.8 Å². The quantitative estimate of drug-likeness (QED) is 0.389. The molecule has 4 aromatic rings. The number of nitrogens with zero attached hydrogens (tertiary/aromatic N) is 5. The van der Waals surface area contributed by atoms with Crippen LogP contribution in [0, 0.1) is 0 Å². The number of carbonyl (C=O) groups excluding carboxylic acids is 1. The van der Waals surface area contributed by atoms with Crippen LogP contribution in [0.3, 0.4) is 0 Å². The van der Waals surface area contributed by atoms with E-state index in [2.05, 4.69) is 32.3 Å². The number of anilines is 1. The zero-order valence-electron chi connectivity index (χ0n) is 19.9. The van der Waals surface area contributed by atoms with Crippen molar-refractivity contribution in [3.05, 3.63) is 59.9 Å². The average molecular weight is 512 g/mol. The number of nitrogens with one attached hydrogen (secondary N) is 1. The molecule has 1 aliphatic heterocycles. The number of carbonyl (C=O) groups is 1. The van der Waals surface area contributed by atoms with E-state index in [0.717, 1.165) is 48.8 Å². The second-order valence-electron chi connectivity index (χ2n) is 9.32. The molecule has 0 atom stereocenters. The van der Waals surface area contributed by atoms with E-state index in [0.29, 0.717) is 17.1 Å². The molecule has 0 spiro atoms. The molecule has 37 heavy (non-hydrogen) atoms. The Morgan fingerprint density at radius 2 is 2.05 bits per heavy atom. The first-order valence-corrected chi connectivity index (χ1v) is 12.0. The lowest BCUT2D eigenvalue weighted by atomic mass is 10.0. The predicted octanol–water partition coefficient (Wildman–Crippen LogP) is 5.26. The van der Waals surface area contributed by atoms with E-state index in [1.54, 1.807) is 30.5 Å². The third-order valence-electron chi connectivity index (χ3n) is 7.10. The Morgan fingerprint density at radius 3 is 2.81 bits per heavy atom. The van der Waals surface area contributed by atoms with Crippen molar-refractivity contribution in [1.82, 2.24) is 24.6 Å². The Bertz CT molecular complexity index is 1490. The SMILES string of the molecule is CCN1CCc2c(ncnc2Oc2ccc3c(ccn3C(=O)Nc3cc(C4(C(F)(F)F)CC4)on3)c2)C1. The van der Waals surface area contributed by atoms with Gasteiger partial charge in [0.2, 0.25) is 5.88 Å². The Morgan fingerprint density at radius 1 is 1.22 bits per heavy atom. The molecule has 0 unspecified atom stereocenters. The molecule has 12 heteroatoms. The molecule has 1 amide bonds. The monoisotopic (exact) mass is 512 g/mol. The van der Waals surface area contributed by atoms with E-state index in [1.165, 1.54) is 10.9 Å². The van der Waals surface area contributed by atoms with Crippen LogP contribution in [-0.2, 0) is 18.4 Å². The van der Waals surface area contributed by atoms with Crippen LogP contribution >= 0.6 is 0 Å². The smallest absolute Gasteiger partial charge is 0.401 e. The van der Waals surface area contributed by atoms with Crippen LogP contribution in [0.15, 0.2) is 47.4 Å². The molecule has 1 N–H and O–H groups in total. The van der Waals surface area contributed by atoms with Crippen LogP contribution in [0.2, 0.25) is 0 Å². The van der Waals surface area contributed by atoms with Crippen LogP contribution in [-0.4, -0.2) is 49.9 Å². The zero-order chi connectivity index (χ0) is 25.8. The first-order chi connectivity index (χ1) is 17.8. The normalized spacial score (nSPS) is 17.0. The topological polar surface area (TPSA) is 98.3 Å². The lowest BCUT2D eigenvalue weighted by molar-refractivity contribution is -0.165. The molecule has 2 aliphatic rings. The molecule has 9 nitrogen and oxygen atoms in total. The average Bonchev–Trinajstić information content (AvgIpc) is 3.41. The Balaban J connectivity index is 1.19. The highest BCUT2D eigenvalue weighted by Gasteiger charge is 2.66. The Hall–Kier alpha value is -3.93. The first-order valence-electron chi connectivity index (χ1n) is 12.0. The van der Waals surface area contributed by atoms with Gasteiger partial charge in [-0.05, 0) is 50.1 Å². The van der Waals surface area contributed by atoms with Gasteiger partial charge in [0.1, 0.15) is 17.5 Å². The van der Waals surface area contributed by atoms with E-state index in [9.17, 15) is 18.0 Å². The van der Waals surface area contributed by atoms with Crippen molar-refractivity contribution in [2.45, 2.75) is 44.3 Å². The number of likely N-dealkylation sites (N-methyl/N-ethyl adjacent to an activating group) is 1. The Kier molecular flexibility index (Phi) is 5.44. The van der Waals surface area contributed by atoms with E-state index in [-0.39, 0.29) is 24.4 Å². The van der Waals surface area contributed by atoms with Gasteiger partial charge in [-0.2, -0.15) is 13.2 Å². The van der Waals surface area contributed by atoms with Gasteiger partial charge in [0.25, 0.3) is 0 Å². The maximum Gasteiger partial charge on any atom is 0.401 e. The molecule has 1 fully saturated rings. The summed E-state index contributed by atoms with van der Waals surface area (Å²) >= 11 is 0. The highest BCUT2D eigenvalue weighted by atomic mass is 19.4. The van der Waals surface area contributed by atoms with Crippen molar-refractivity contribution in [2.24, 2.45) is 0 Å².